The minimum absolute atomic E-state index is 0.0176. The van der Waals surface area contributed by atoms with Crippen molar-refractivity contribution in [2.24, 2.45) is 12.2 Å². The predicted octanol–water partition coefficient (Wildman–Crippen LogP) is 0.262. The van der Waals surface area contributed by atoms with Crippen LogP contribution >= 0.6 is 0 Å². The Kier molecular flexibility index (Phi) is 3.45. The second-order valence-corrected chi connectivity index (χ2v) is 5.73. The molecule has 1 aromatic carbocycles. The van der Waals surface area contributed by atoms with Gasteiger partial charge in [0.25, 0.3) is 0 Å². The quantitative estimate of drug-likeness (QED) is 0.695. The molecule has 0 aliphatic heterocycles. The van der Waals surface area contributed by atoms with Gasteiger partial charge in [-0.3, -0.25) is 4.68 Å². The fourth-order valence-electron chi connectivity index (χ4n) is 1.64. The van der Waals surface area contributed by atoms with Crippen molar-refractivity contribution in [3.8, 4) is 0 Å². The summed E-state index contributed by atoms with van der Waals surface area (Å²) in [7, 11) is -1.94. The van der Waals surface area contributed by atoms with E-state index in [1.165, 1.54) is 12.1 Å². The number of benzene rings is 1. The molecule has 0 aliphatic rings. The summed E-state index contributed by atoms with van der Waals surface area (Å²) in [5, 5.41) is 12.3. The smallest absolute Gasteiger partial charge is 0.238 e. The van der Waals surface area contributed by atoms with Crippen LogP contribution in [0.2, 0.25) is 0 Å². The number of nitrogens with two attached hydrogens (primary N) is 2. The average molecular weight is 281 g/mol. The van der Waals surface area contributed by atoms with Crippen molar-refractivity contribution in [2.75, 3.05) is 11.1 Å². The monoisotopic (exact) mass is 281 g/mol. The highest BCUT2D eigenvalue weighted by Crippen LogP contribution is 2.20. The van der Waals surface area contributed by atoms with E-state index in [9.17, 15) is 8.42 Å². The molecular weight excluding hydrogens is 266 g/mol. The molecule has 0 amide bonds. The first-order chi connectivity index (χ1) is 8.84. The minimum atomic E-state index is -3.77. The highest BCUT2D eigenvalue weighted by atomic mass is 32.2. The lowest BCUT2D eigenvalue weighted by molar-refractivity contribution is 0.598. The molecule has 0 radical (unpaired) electrons. The van der Waals surface area contributed by atoms with Gasteiger partial charge in [0, 0.05) is 24.6 Å². The zero-order valence-corrected chi connectivity index (χ0v) is 11.2. The van der Waals surface area contributed by atoms with Crippen LogP contribution in [-0.2, 0) is 23.6 Å². The van der Waals surface area contributed by atoms with Crippen molar-refractivity contribution >= 4 is 21.4 Å². The molecule has 19 heavy (non-hydrogen) atoms. The van der Waals surface area contributed by atoms with Crippen LogP contribution in [0.5, 0.6) is 0 Å². The summed E-state index contributed by atoms with van der Waals surface area (Å²) >= 11 is 0. The molecule has 0 fully saturated rings. The lowest BCUT2D eigenvalue weighted by atomic mass is 10.2. The van der Waals surface area contributed by atoms with Crippen LogP contribution in [-0.4, -0.2) is 18.2 Å². The van der Waals surface area contributed by atoms with E-state index < -0.39 is 10.0 Å². The zero-order valence-electron chi connectivity index (χ0n) is 10.4. The number of aryl methyl sites for hydroxylation is 1. The van der Waals surface area contributed by atoms with Gasteiger partial charge < -0.3 is 11.1 Å². The highest BCUT2D eigenvalue weighted by molar-refractivity contribution is 7.89. The van der Waals surface area contributed by atoms with E-state index in [-0.39, 0.29) is 4.90 Å². The average Bonchev–Trinajstić information content (AvgIpc) is 2.71. The topological polar surface area (TPSA) is 116 Å². The van der Waals surface area contributed by atoms with Crippen LogP contribution in [0.25, 0.3) is 0 Å². The van der Waals surface area contributed by atoms with E-state index in [2.05, 4.69) is 10.4 Å². The van der Waals surface area contributed by atoms with Crippen molar-refractivity contribution in [3.63, 3.8) is 0 Å². The van der Waals surface area contributed by atoms with Gasteiger partial charge in [0.05, 0.1) is 17.1 Å². The van der Waals surface area contributed by atoms with Crippen LogP contribution < -0.4 is 16.2 Å². The van der Waals surface area contributed by atoms with Crippen LogP contribution in [0.1, 0.15) is 5.69 Å². The zero-order chi connectivity index (χ0) is 14.0. The lowest BCUT2D eigenvalue weighted by Crippen LogP contribution is -2.13. The number of sulfonamides is 1. The number of nitrogen functional groups attached to an aromatic ring is 1. The first kappa shape index (κ1) is 13.4. The van der Waals surface area contributed by atoms with Gasteiger partial charge in [0.15, 0.2) is 0 Å². The molecule has 0 aliphatic carbocycles. The molecule has 0 atom stereocenters. The van der Waals surface area contributed by atoms with Gasteiger partial charge in [-0.1, -0.05) is 0 Å². The number of anilines is 2. The number of nitrogens with one attached hydrogen (secondary N) is 1. The number of aromatic nitrogens is 2. The van der Waals surface area contributed by atoms with Gasteiger partial charge in [0.1, 0.15) is 0 Å². The molecule has 0 saturated heterocycles. The second kappa shape index (κ2) is 4.90. The predicted molar refractivity (Wildman–Crippen MR) is 72.8 cm³/mol. The Bertz CT molecular complexity index is 693. The Hall–Kier alpha value is -2.06. The number of hydrogen-bond donors (Lipinski definition) is 3. The summed E-state index contributed by atoms with van der Waals surface area (Å²) in [5.74, 6) is 0. The Labute approximate surface area is 111 Å². The van der Waals surface area contributed by atoms with Crippen LogP contribution in [0.3, 0.4) is 0 Å². The molecular formula is C11H15N5O2S. The molecule has 2 rings (SSSR count). The fourth-order valence-corrected chi connectivity index (χ4v) is 2.23. The van der Waals surface area contributed by atoms with Gasteiger partial charge in [-0.15, -0.1) is 0 Å². The molecule has 102 valence electrons. The van der Waals surface area contributed by atoms with Crippen LogP contribution in [0.4, 0.5) is 11.4 Å². The third-order valence-corrected chi connectivity index (χ3v) is 3.39. The number of hydrogen-bond acceptors (Lipinski definition) is 5. The van der Waals surface area contributed by atoms with Crippen LogP contribution in [0, 0.1) is 0 Å². The molecule has 0 unspecified atom stereocenters. The van der Waals surface area contributed by atoms with Crippen molar-refractivity contribution in [2.45, 2.75) is 11.4 Å². The standard InChI is InChI=1S/C11H15N5O2S/c1-16-3-2-9(15-16)7-14-10-4-8(12)5-11(6-10)19(13,17)18/h2-6,14H,7,12H2,1H3,(H2,13,17,18). The molecule has 0 saturated carbocycles. The highest BCUT2D eigenvalue weighted by Gasteiger charge is 2.10. The van der Waals surface area contributed by atoms with E-state index >= 15 is 0 Å². The molecule has 2 aromatic rings. The van der Waals surface area contributed by atoms with Gasteiger partial charge in [-0.2, -0.15) is 5.10 Å². The number of nitrogens with zero attached hydrogens (tertiary/aromatic N) is 2. The first-order valence-corrected chi connectivity index (χ1v) is 7.05. The number of rotatable bonds is 4. The summed E-state index contributed by atoms with van der Waals surface area (Å²) < 4.78 is 24.3. The number of primary sulfonamides is 1. The van der Waals surface area contributed by atoms with Gasteiger partial charge in [-0.25, -0.2) is 13.6 Å². The van der Waals surface area contributed by atoms with E-state index in [0.29, 0.717) is 17.9 Å². The van der Waals surface area contributed by atoms with Crippen molar-refractivity contribution in [1.82, 2.24) is 9.78 Å². The van der Waals surface area contributed by atoms with Crippen molar-refractivity contribution < 1.29 is 8.42 Å². The lowest BCUT2D eigenvalue weighted by Gasteiger charge is -2.08. The van der Waals surface area contributed by atoms with Gasteiger partial charge in [0.2, 0.25) is 10.0 Å². The van der Waals surface area contributed by atoms with E-state index in [1.54, 1.807) is 10.7 Å². The molecule has 0 spiro atoms. The third kappa shape index (κ3) is 3.46. The van der Waals surface area contributed by atoms with Crippen molar-refractivity contribution in [1.29, 1.82) is 0 Å². The maximum Gasteiger partial charge on any atom is 0.238 e. The van der Waals surface area contributed by atoms with Crippen LogP contribution in [0.15, 0.2) is 35.4 Å². The Morgan fingerprint density at radius 2 is 2.11 bits per heavy atom. The molecule has 0 bridgehead atoms. The van der Waals surface area contributed by atoms with Gasteiger partial charge in [-0.05, 0) is 24.3 Å². The summed E-state index contributed by atoms with van der Waals surface area (Å²) in [4.78, 5) is -0.0176. The maximum atomic E-state index is 11.3. The normalized spacial score (nSPS) is 11.5. The summed E-state index contributed by atoms with van der Waals surface area (Å²) in [6, 6.07) is 6.26. The SMILES string of the molecule is Cn1ccc(CNc2cc(N)cc(S(N)(=O)=O)c2)n1. The van der Waals surface area contributed by atoms with E-state index in [1.807, 2.05) is 19.3 Å². The largest absolute Gasteiger partial charge is 0.399 e. The molecule has 7 nitrogen and oxygen atoms in total. The molecule has 1 aromatic heterocycles. The third-order valence-electron chi connectivity index (χ3n) is 2.50. The summed E-state index contributed by atoms with van der Waals surface area (Å²) in [5.41, 5.74) is 7.39. The fraction of sp³-hybridized carbons (Fsp3) is 0.182. The van der Waals surface area contributed by atoms with Gasteiger partial charge >= 0.3 is 0 Å². The Balaban J connectivity index is 2.19. The van der Waals surface area contributed by atoms with E-state index in [0.717, 1.165) is 5.69 Å². The summed E-state index contributed by atoms with van der Waals surface area (Å²) in [6.45, 7) is 0.467. The molecule has 5 N–H and O–H groups in total. The minimum Gasteiger partial charge on any atom is -0.399 e. The maximum absolute atomic E-state index is 11.3. The summed E-state index contributed by atoms with van der Waals surface area (Å²) in [6.07, 6.45) is 1.83. The van der Waals surface area contributed by atoms with Crippen molar-refractivity contribution in [3.05, 3.63) is 36.2 Å². The first-order valence-electron chi connectivity index (χ1n) is 5.50. The molecule has 1 heterocycles. The second-order valence-electron chi connectivity index (χ2n) is 4.17. The Morgan fingerprint density at radius 3 is 2.68 bits per heavy atom. The molecule has 8 heteroatoms. The Morgan fingerprint density at radius 1 is 1.37 bits per heavy atom. The van der Waals surface area contributed by atoms with E-state index in [4.69, 9.17) is 10.9 Å².